The normalized spacial score (nSPS) is 27.1. The summed E-state index contributed by atoms with van der Waals surface area (Å²) < 4.78 is 2.10. The molecule has 1 fully saturated rings. The standard InChI is InChI=1S/C12H21N3O/c1-12(10-16)3-2-5-14(9-12)7-8-15-6-4-13-11-15/h4,6,11,16H,2-3,5,7-10H2,1H3. The first-order chi connectivity index (χ1) is 7.72. The van der Waals surface area contributed by atoms with Gasteiger partial charge in [-0.15, -0.1) is 0 Å². The van der Waals surface area contributed by atoms with Gasteiger partial charge in [0.25, 0.3) is 0 Å². The van der Waals surface area contributed by atoms with Crippen molar-refractivity contribution >= 4 is 0 Å². The van der Waals surface area contributed by atoms with Crippen LogP contribution >= 0.6 is 0 Å². The first-order valence-corrected chi connectivity index (χ1v) is 6.01. The number of rotatable bonds is 4. The molecule has 1 aromatic heterocycles. The van der Waals surface area contributed by atoms with E-state index in [2.05, 4.69) is 21.4 Å². The molecule has 1 atom stereocenters. The maximum absolute atomic E-state index is 9.38. The van der Waals surface area contributed by atoms with Gasteiger partial charge >= 0.3 is 0 Å². The van der Waals surface area contributed by atoms with Crippen molar-refractivity contribution < 1.29 is 5.11 Å². The summed E-state index contributed by atoms with van der Waals surface area (Å²) in [6.07, 6.45) is 8.00. The van der Waals surface area contributed by atoms with Crippen molar-refractivity contribution in [1.82, 2.24) is 14.5 Å². The van der Waals surface area contributed by atoms with E-state index in [1.165, 1.54) is 6.42 Å². The van der Waals surface area contributed by atoms with Gasteiger partial charge < -0.3 is 14.6 Å². The number of aliphatic hydroxyl groups excluding tert-OH is 1. The van der Waals surface area contributed by atoms with Gasteiger partial charge in [-0.1, -0.05) is 6.92 Å². The van der Waals surface area contributed by atoms with E-state index in [1.807, 2.05) is 18.7 Å². The monoisotopic (exact) mass is 223 g/mol. The number of aromatic nitrogens is 2. The Balaban J connectivity index is 1.81. The molecule has 0 aliphatic carbocycles. The summed E-state index contributed by atoms with van der Waals surface area (Å²) in [5.41, 5.74) is 0.104. The van der Waals surface area contributed by atoms with Crippen molar-refractivity contribution in [1.29, 1.82) is 0 Å². The third-order valence-electron chi connectivity index (χ3n) is 3.48. The number of likely N-dealkylation sites (tertiary alicyclic amines) is 1. The van der Waals surface area contributed by atoms with Crippen LogP contribution in [0.15, 0.2) is 18.7 Å². The summed E-state index contributed by atoms with van der Waals surface area (Å²) in [6, 6.07) is 0. The lowest BCUT2D eigenvalue weighted by atomic mass is 9.83. The summed E-state index contributed by atoms with van der Waals surface area (Å²) in [4.78, 5) is 6.48. The number of imidazole rings is 1. The fourth-order valence-corrected chi connectivity index (χ4v) is 2.42. The van der Waals surface area contributed by atoms with Crippen LogP contribution in [0.25, 0.3) is 0 Å². The van der Waals surface area contributed by atoms with Crippen LogP contribution in [0.1, 0.15) is 19.8 Å². The Morgan fingerprint density at radius 2 is 2.31 bits per heavy atom. The van der Waals surface area contributed by atoms with Gasteiger partial charge in [0.15, 0.2) is 0 Å². The molecule has 0 amide bonds. The second-order valence-electron chi connectivity index (χ2n) is 5.15. The van der Waals surface area contributed by atoms with E-state index in [1.54, 1.807) is 0 Å². The summed E-state index contributed by atoms with van der Waals surface area (Å²) in [5, 5.41) is 9.38. The van der Waals surface area contributed by atoms with Crippen molar-refractivity contribution in [2.45, 2.75) is 26.3 Å². The van der Waals surface area contributed by atoms with Crippen LogP contribution in [-0.2, 0) is 6.54 Å². The molecule has 1 saturated heterocycles. The van der Waals surface area contributed by atoms with Crippen molar-refractivity contribution in [3.8, 4) is 0 Å². The Bertz CT molecular complexity index is 312. The summed E-state index contributed by atoms with van der Waals surface area (Å²) in [7, 11) is 0. The summed E-state index contributed by atoms with van der Waals surface area (Å²) in [6.45, 7) is 6.68. The predicted molar refractivity (Wildman–Crippen MR) is 63.1 cm³/mol. The lowest BCUT2D eigenvalue weighted by Gasteiger charge is -2.39. The minimum Gasteiger partial charge on any atom is -0.396 e. The number of nitrogens with zero attached hydrogens (tertiary/aromatic N) is 3. The number of piperidine rings is 1. The van der Waals surface area contributed by atoms with Gasteiger partial charge in [0.05, 0.1) is 6.33 Å². The summed E-state index contributed by atoms with van der Waals surface area (Å²) in [5.74, 6) is 0. The van der Waals surface area contributed by atoms with Gasteiger partial charge in [-0.25, -0.2) is 4.98 Å². The molecule has 0 saturated carbocycles. The van der Waals surface area contributed by atoms with Crippen molar-refractivity contribution in [2.75, 3.05) is 26.2 Å². The first kappa shape index (κ1) is 11.6. The van der Waals surface area contributed by atoms with Crippen LogP contribution in [-0.4, -0.2) is 45.8 Å². The van der Waals surface area contributed by atoms with E-state index in [0.717, 1.165) is 32.6 Å². The van der Waals surface area contributed by atoms with E-state index in [9.17, 15) is 5.11 Å². The molecule has 1 N–H and O–H groups in total. The highest BCUT2D eigenvalue weighted by atomic mass is 16.3. The molecule has 0 spiro atoms. The molecule has 90 valence electrons. The average Bonchev–Trinajstić information content (AvgIpc) is 2.80. The molecule has 1 aliphatic rings. The third-order valence-corrected chi connectivity index (χ3v) is 3.48. The van der Waals surface area contributed by atoms with E-state index in [0.29, 0.717) is 6.61 Å². The van der Waals surface area contributed by atoms with E-state index in [-0.39, 0.29) is 5.41 Å². The van der Waals surface area contributed by atoms with Crippen molar-refractivity contribution in [2.24, 2.45) is 5.41 Å². The summed E-state index contributed by atoms with van der Waals surface area (Å²) >= 11 is 0. The molecular weight excluding hydrogens is 202 g/mol. The van der Waals surface area contributed by atoms with Crippen molar-refractivity contribution in [3.05, 3.63) is 18.7 Å². The van der Waals surface area contributed by atoms with Gasteiger partial charge in [-0.3, -0.25) is 0 Å². The molecule has 2 rings (SSSR count). The second-order valence-corrected chi connectivity index (χ2v) is 5.15. The zero-order chi connectivity index (χ0) is 11.4. The van der Waals surface area contributed by atoms with Crippen LogP contribution < -0.4 is 0 Å². The molecule has 4 heteroatoms. The topological polar surface area (TPSA) is 41.3 Å². The molecule has 0 radical (unpaired) electrons. The van der Waals surface area contributed by atoms with E-state index < -0.39 is 0 Å². The second kappa shape index (κ2) is 4.97. The SMILES string of the molecule is CC1(CO)CCCN(CCn2ccnc2)C1. The minimum atomic E-state index is 0.104. The van der Waals surface area contributed by atoms with Crippen LogP contribution in [0, 0.1) is 5.41 Å². The van der Waals surface area contributed by atoms with Crippen molar-refractivity contribution in [3.63, 3.8) is 0 Å². The highest BCUT2D eigenvalue weighted by Gasteiger charge is 2.29. The fraction of sp³-hybridized carbons (Fsp3) is 0.750. The van der Waals surface area contributed by atoms with E-state index in [4.69, 9.17) is 0 Å². The van der Waals surface area contributed by atoms with Crippen LogP contribution in [0.5, 0.6) is 0 Å². The smallest absolute Gasteiger partial charge is 0.0946 e. The number of aliphatic hydroxyl groups is 1. The van der Waals surface area contributed by atoms with Gasteiger partial charge in [0, 0.05) is 44.0 Å². The van der Waals surface area contributed by atoms with Gasteiger partial charge in [-0.05, 0) is 19.4 Å². The molecule has 0 aromatic carbocycles. The zero-order valence-electron chi connectivity index (χ0n) is 9.97. The molecular formula is C12H21N3O. The molecule has 4 nitrogen and oxygen atoms in total. The molecule has 2 heterocycles. The third kappa shape index (κ3) is 2.83. The highest BCUT2D eigenvalue weighted by molar-refractivity contribution is 4.83. The Morgan fingerprint density at radius 1 is 1.44 bits per heavy atom. The Kier molecular flexibility index (Phi) is 3.61. The molecule has 1 unspecified atom stereocenters. The fourth-order valence-electron chi connectivity index (χ4n) is 2.42. The quantitative estimate of drug-likeness (QED) is 0.827. The maximum Gasteiger partial charge on any atom is 0.0946 e. The van der Waals surface area contributed by atoms with Gasteiger partial charge in [0.2, 0.25) is 0 Å². The number of hydrogen-bond acceptors (Lipinski definition) is 3. The van der Waals surface area contributed by atoms with Crippen LogP contribution in [0.4, 0.5) is 0 Å². The zero-order valence-corrected chi connectivity index (χ0v) is 9.97. The largest absolute Gasteiger partial charge is 0.396 e. The van der Waals surface area contributed by atoms with Gasteiger partial charge in [0.1, 0.15) is 0 Å². The molecule has 1 aliphatic heterocycles. The van der Waals surface area contributed by atoms with E-state index >= 15 is 0 Å². The number of hydrogen-bond donors (Lipinski definition) is 1. The predicted octanol–water partition coefficient (Wildman–Crippen LogP) is 0.977. The molecule has 0 bridgehead atoms. The minimum absolute atomic E-state index is 0.104. The Labute approximate surface area is 96.9 Å². The highest BCUT2D eigenvalue weighted by Crippen LogP contribution is 2.28. The molecule has 16 heavy (non-hydrogen) atoms. The Hall–Kier alpha value is -0.870. The Morgan fingerprint density at radius 3 is 3.00 bits per heavy atom. The molecule has 1 aromatic rings. The lowest BCUT2D eigenvalue weighted by molar-refractivity contribution is 0.0451. The van der Waals surface area contributed by atoms with Crippen LogP contribution in [0.3, 0.4) is 0 Å². The average molecular weight is 223 g/mol. The lowest BCUT2D eigenvalue weighted by Crippen LogP contribution is -2.44. The van der Waals surface area contributed by atoms with Gasteiger partial charge in [-0.2, -0.15) is 0 Å². The first-order valence-electron chi connectivity index (χ1n) is 6.01. The van der Waals surface area contributed by atoms with Crippen LogP contribution in [0.2, 0.25) is 0 Å². The maximum atomic E-state index is 9.38.